The van der Waals surface area contributed by atoms with Crippen LogP contribution in [0.4, 0.5) is 0 Å². The number of benzene rings is 1. The highest BCUT2D eigenvalue weighted by Gasteiger charge is 2.29. The summed E-state index contributed by atoms with van der Waals surface area (Å²) in [7, 11) is 0. The number of carbonyl (C=O) groups excluding carboxylic acids is 1. The molecule has 1 aromatic rings. The standard InChI is InChI=1S/C16H25N3O/c1-3-15-9-8-12(2)19(15)11-14-7-5-4-6-13(14)10-16(20)18-17/h4-7,12,15H,3,8-11,17H2,1-2H3,(H,18,20). The van der Waals surface area contributed by atoms with Gasteiger partial charge in [-0.1, -0.05) is 31.2 Å². The summed E-state index contributed by atoms with van der Waals surface area (Å²) in [6.07, 6.45) is 4.09. The van der Waals surface area contributed by atoms with Gasteiger partial charge in [-0.25, -0.2) is 5.84 Å². The Labute approximate surface area is 121 Å². The van der Waals surface area contributed by atoms with Crippen molar-refractivity contribution >= 4 is 5.91 Å². The van der Waals surface area contributed by atoms with E-state index in [9.17, 15) is 4.79 Å². The lowest BCUT2D eigenvalue weighted by atomic mass is 10.0. The first kappa shape index (κ1) is 15.0. The number of hydrogen-bond acceptors (Lipinski definition) is 3. The van der Waals surface area contributed by atoms with E-state index < -0.39 is 0 Å². The number of likely N-dealkylation sites (tertiary alicyclic amines) is 1. The quantitative estimate of drug-likeness (QED) is 0.491. The Morgan fingerprint density at radius 2 is 2.05 bits per heavy atom. The number of hydrogen-bond donors (Lipinski definition) is 2. The summed E-state index contributed by atoms with van der Waals surface area (Å²) >= 11 is 0. The van der Waals surface area contributed by atoms with Crippen LogP contribution in [0.3, 0.4) is 0 Å². The van der Waals surface area contributed by atoms with E-state index in [0.717, 1.165) is 12.1 Å². The number of nitrogens with two attached hydrogens (primary N) is 1. The van der Waals surface area contributed by atoms with Gasteiger partial charge in [-0.3, -0.25) is 15.1 Å². The van der Waals surface area contributed by atoms with Crippen molar-refractivity contribution in [1.29, 1.82) is 0 Å². The summed E-state index contributed by atoms with van der Waals surface area (Å²) in [5, 5.41) is 0. The van der Waals surface area contributed by atoms with Crippen LogP contribution in [0.25, 0.3) is 0 Å². The number of hydrazine groups is 1. The molecule has 1 aliphatic heterocycles. The van der Waals surface area contributed by atoms with Gasteiger partial charge < -0.3 is 0 Å². The predicted octanol–water partition coefficient (Wildman–Crippen LogP) is 1.98. The molecule has 0 saturated carbocycles. The summed E-state index contributed by atoms with van der Waals surface area (Å²) in [6.45, 7) is 5.47. The van der Waals surface area contributed by atoms with Crippen molar-refractivity contribution in [2.75, 3.05) is 0 Å². The van der Waals surface area contributed by atoms with Crippen molar-refractivity contribution < 1.29 is 4.79 Å². The zero-order valence-electron chi connectivity index (χ0n) is 12.4. The zero-order chi connectivity index (χ0) is 14.5. The fraction of sp³-hybridized carbons (Fsp3) is 0.562. The second-order valence-corrected chi connectivity index (χ2v) is 5.67. The third kappa shape index (κ3) is 3.38. The SMILES string of the molecule is CCC1CCC(C)N1Cc1ccccc1CC(=O)NN. The molecule has 110 valence electrons. The number of carbonyl (C=O) groups is 1. The molecule has 2 unspecified atom stereocenters. The molecule has 2 atom stereocenters. The average Bonchev–Trinajstić information content (AvgIpc) is 2.81. The molecule has 0 aromatic heterocycles. The Kier molecular flexibility index (Phi) is 5.15. The summed E-state index contributed by atoms with van der Waals surface area (Å²) in [4.78, 5) is 14.1. The zero-order valence-corrected chi connectivity index (χ0v) is 12.4. The topological polar surface area (TPSA) is 58.4 Å². The highest BCUT2D eigenvalue weighted by Crippen LogP contribution is 2.28. The Bertz CT molecular complexity index is 461. The number of nitrogens with zero attached hydrogens (tertiary/aromatic N) is 1. The van der Waals surface area contributed by atoms with E-state index in [1.807, 2.05) is 18.2 Å². The number of nitrogens with one attached hydrogen (secondary N) is 1. The molecule has 1 heterocycles. The molecule has 1 aliphatic rings. The van der Waals surface area contributed by atoms with Crippen LogP contribution in [0.1, 0.15) is 44.2 Å². The van der Waals surface area contributed by atoms with Gasteiger partial charge in [0.2, 0.25) is 5.91 Å². The van der Waals surface area contributed by atoms with Crippen LogP contribution in [0.15, 0.2) is 24.3 Å². The minimum atomic E-state index is -0.140. The van der Waals surface area contributed by atoms with Crippen LogP contribution in [0.2, 0.25) is 0 Å². The van der Waals surface area contributed by atoms with E-state index in [2.05, 4.69) is 30.2 Å². The van der Waals surface area contributed by atoms with Crippen molar-refractivity contribution in [3.8, 4) is 0 Å². The highest BCUT2D eigenvalue weighted by molar-refractivity contribution is 5.78. The Morgan fingerprint density at radius 3 is 2.70 bits per heavy atom. The minimum Gasteiger partial charge on any atom is -0.294 e. The van der Waals surface area contributed by atoms with Crippen LogP contribution in [0.5, 0.6) is 0 Å². The third-order valence-corrected chi connectivity index (χ3v) is 4.41. The maximum atomic E-state index is 11.5. The first-order chi connectivity index (χ1) is 9.65. The van der Waals surface area contributed by atoms with Crippen LogP contribution < -0.4 is 11.3 Å². The van der Waals surface area contributed by atoms with Gasteiger partial charge in [0.15, 0.2) is 0 Å². The Balaban J connectivity index is 2.14. The lowest BCUT2D eigenvalue weighted by Crippen LogP contribution is -2.34. The maximum absolute atomic E-state index is 11.5. The van der Waals surface area contributed by atoms with Crippen LogP contribution >= 0.6 is 0 Å². The fourth-order valence-electron chi connectivity index (χ4n) is 3.15. The van der Waals surface area contributed by atoms with E-state index >= 15 is 0 Å². The molecule has 20 heavy (non-hydrogen) atoms. The third-order valence-electron chi connectivity index (χ3n) is 4.41. The van der Waals surface area contributed by atoms with Gasteiger partial charge in [0.1, 0.15) is 0 Å². The summed E-state index contributed by atoms with van der Waals surface area (Å²) < 4.78 is 0. The fourth-order valence-corrected chi connectivity index (χ4v) is 3.15. The normalized spacial score (nSPS) is 22.9. The van der Waals surface area contributed by atoms with Gasteiger partial charge >= 0.3 is 0 Å². The average molecular weight is 275 g/mol. The molecular formula is C16H25N3O. The van der Waals surface area contributed by atoms with Gasteiger partial charge in [0.25, 0.3) is 0 Å². The van der Waals surface area contributed by atoms with Crippen molar-refractivity contribution in [2.45, 2.75) is 58.2 Å². The lowest BCUT2D eigenvalue weighted by molar-refractivity contribution is -0.120. The van der Waals surface area contributed by atoms with E-state index in [0.29, 0.717) is 18.5 Å². The molecule has 4 nitrogen and oxygen atoms in total. The van der Waals surface area contributed by atoms with Gasteiger partial charge in [-0.15, -0.1) is 0 Å². The van der Waals surface area contributed by atoms with Crippen LogP contribution in [-0.2, 0) is 17.8 Å². The van der Waals surface area contributed by atoms with Gasteiger partial charge in [0.05, 0.1) is 6.42 Å². The van der Waals surface area contributed by atoms with Crippen LogP contribution in [-0.4, -0.2) is 22.9 Å². The van der Waals surface area contributed by atoms with Crippen molar-refractivity contribution in [3.05, 3.63) is 35.4 Å². The maximum Gasteiger partial charge on any atom is 0.238 e. The molecule has 1 fully saturated rings. The molecule has 0 bridgehead atoms. The van der Waals surface area contributed by atoms with Gasteiger partial charge in [-0.2, -0.15) is 0 Å². The molecule has 3 N–H and O–H groups in total. The number of amides is 1. The molecular weight excluding hydrogens is 250 g/mol. The molecule has 0 radical (unpaired) electrons. The molecule has 1 amide bonds. The molecule has 0 spiro atoms. The summed E-state index contributed by atoms with van der Waals surface area (Å²) in [5.41, 5.74) is 4.52. The second-order valence-electron chi connectivity index (χ2n) is 5.67. The van der Waals surface area contributed by atoms with Crippen molar-refractivity contribution in [3.63, 3.8) is 0 Å². The first-order valence-electron chi connectivity index (χ1n) is 7.47. The predicted molar refractivity (Wildman–Crippen MR) is 80.8 cm³/mol. The lowest BCUT2D eigenvalue weighted by Gasteiger charge is -2.28. The van der Waals surface area contributed by atoms with E-state index in [4.69, 9.17) is 5.84 Å². The highest BCUT2D eigenvalue weighted by atomic mass is 16.2. The number of rotatable bonds is 5. The van der Waals surface area contributed by atoms with E-state index in [1.165, 1.54) is 24.8 Å². The monoisotopic (exact) mass is 275 g/mol. The molecule has 4 heteroatoms. The van der Waals surface area contributed by atoms with Gasteiger partial charge in [0, 0.05) is 18.6 Å². The van der Waals surface area contributed by atoms with Gasteiger partial charge in [-0.05, 0) is 37.3 Å². The first-order valence-corrected chi connectivity index (χ1v) is 7.47. The minimum absolute atomic E-state index is 0.140. The van der Waals surface area contributed by atoms with Crippen molar-refractivity contribution in [1.82, 2.24) is 10.3 Å². The van der Waals surface area contributed by atoms with Crippen molar-refractivity contribution in [2.24, 2.45) is 5.84 Å². The van der Waals surface area contributed by atoms with E-state index in [-0.39, 0.29) is 5.91 Å². The smallest absolute Gasteiger partial charge is 0.238 e. The Hall–Kier alpha value is -1.39. The van der Waals surface area contributed by atoms with Crippen LogP contribution in [0, 0.1) is 0 Å². The molecule has 2 rings (SSSR count). The summed E-state index contributed by atoms with van der Waals surface area (Å²) in [5.74, 6) is 5.05. The molecule has 1 aromatic carbocycles. The second kappa shape index (κ2) is 6.86. The summed E-state index contributed by atoms with van der Waals surface area (Å²) in [6, 6.07) is 9.45. The molecule has 0 aliphatic carbocycles. The van der Waals surface area contributed by atoms with E-state index in [1.54, 1.807) is 0 Å². The Morgan fingerprint density at radius 1 is 1.35 bits per heavy atom. The largest absolute Gasteiger partial charge is 0.294 e. The molecule has 1 saturated heterocycles.